The van der Waals surface area contributed by atoms with E-state index in [9.17, 15) is 18.0 Å². The number of aromatic nitrogens is 3. The van der Waals surface area contributed by atoms with Crippen molar-refractivity contribution in [2.75, 3.05) is 5.32 Å². The van der Waals surface area contributed by atoms with Gasteiger partial charge >= 0.3 is 6.18 Å². The van der Waals surface area contributed by atoms with Gasteiger partial charge in [-0.3, -0.25) is 9.78 Å². The molecule has 4 aromatic rings. The zero-order chi connectivity index (χ0) is 22.0. The zero-order valence-electron chi connectivity index (χ0n) is 15.8. The zero-order valence-corrected chi connectivity index (χ0v) is 16.6. The fourth-order valence-corrected chi connectivity index (χ4v) is 3.38. The predicted molar refractivity (Wildman–Crippen MR) is 111 cm³/mol. The third kappa shape index (κ3) is 4.64. The van der Waals surface area contributed by atoms with Crippen LogP contribution >= 0.6 is 11.6 Å². The van der Waals surface area contributed by atoms with Crippen molar-refractivity contribution < 1.29 is 18.0 Å². The number of nitrogens with one attached hydrogen (secondary N) is 1. The van der Waals surface area contributed by atoms with Crippen LogP contribution in [-0.4, -0.2) is 21.1 Å². The first-order valence-electron chi connectivity index (χ1n) is 9.13. The van der Waals surface area contributed by atoms with Crippen LogP contribution in [0.4, 0.5) is 19.0 Å². The maximum atomic E-state index is 13.1. The Labute approximate surface area is 179 Å². The highest BCUT2D eigenvalue weighted by Gasteiger charge is 2.31. The lowest BCUT2D eigenvalue weighted by atomic mass is 10.0. The molecule has 4 rings (SSSR count). The molecule has 0 fully saturated rings. The van der Waals surface area contributed by atoms with Crippen molar-refractivity contribution in [3.63, 3.8) is 0 Å². The molecule has 2 aromatic carbocycles. The molecule has 2 heterocycles. The maximum Gasteiger partial charge on any atom is 0.416 e. The number of hydrogen-bond donors (Lipinski definition) is 1. The van der Waals surface area contributed by atoms with Crippen LogP contribution in [0.5, 0.6) is 0 Å². The Morgan fingerprint density at radius 3 is 2.39 bits per heavy atom. The average Bonchev–Trinajstić information content (AvgIpc) is 2.75. The highest BCUT2D eigenvalue weighted by atomic mass is 35.5. The van der Waals surface area contributed by atoms with Gasteiger partial charge in [0, 0.05) is 40.2 Å². The molecule has 0 radical (unpaired) electrons. The van der Waals surface area contributed by atoms with Gasteiger partial charge in [0.05, 0.1) is 11.3 Å². The van der Waals surface area contributed by atoms with E-state index in [4.69, 9.17) is 11.6 Å². The third-order valence-electron chi connectivity index (χ3n) is 4.60. The number of pyridine rings is 1. The van der Waals surface area contributed by atoms with Crippen LogP contribution in [0, 0.1) is 0 Å². The summed E-state index contributed by atoms with van der Waals surface area (Å²) in [6, 6.07) is 13.6. The topological polar surface area (TPSA) is 67.8 Å². The normalized spacial score (nSPS) is 11.5. The first kappa shape index (κ1) is 20.7. The Hall–Kier alpha value is -3.52. The summed E-state index contributed by atoms with van der Waals surface area (Å²) < 4.78 is 39.2. The number of carbonyl (C=O) groups excluding carboxylic acids is 1. The van der Waals surface area contributed by atoms with E-state index < -0.39 is 17.6 Å². The highest BCUT2D eigenvalue weighted by Crippen LogP contribution is 2.32. The van der Waals surface area contributed by atoms with Gasteiger partial charge < -0.3 is 5.32 Å². The van der Waals surface area contributed by atoms with Crippen molar-refractivity contribution in [2.45, 2.75) is 12.6 Å². The summed E-state index contributed by atoms with van der Waals surface area (Å²) >= 11 is 5.78. The molecule has 0 spiro atoms. The second-order valence-corrected chi connectivity index (χ2v) is 7.19. The van der Waals surface area contributed by atoms with Gasteiger partial charge in [-0.1, -0.05) is 35.9 Å². The Morgan fingerprint density at radius 2 is 1.68 bits per heavy atom. The first-order chi connectivity index (χ1) is 14.8. The summed E-state index contributed by atoms with van der Waals surface area (Å²) in [4.78, 5) is 16.6. The van der Waals surface area contributed by atoms with Crippen molar-refractivity contribution in [2.24, 2.45) is 0 Å². The van der Waals surface area contributed by atoms with Crippen molar-refractivity contribution in [1.82, 2.24) is 15.2 Å². The molecule has 31 heavy (non-hydrogen) atoms. The number of anilines is 1. The van der Waals surface area contributed by atoms with Gasteiger partial charge in [-0.15, -0.1) is 5.10 Å². The van der Waals surface area contributed by atoms with Gasteiger partial charge in [-0.25, -0.2) is 0 Å². The largest absolute Gasteiger partial charge is 0.416 e. The molecule has 1 N–H and O–H groups in total. The first-order valence-corrected chi connectivity index (χ1v) is 9.51. The standard InChI is InChI=1S/C22H14ClF3N4O/c23-16-11-14(10-15(12-16)22(24,25)26)21(31)28-20-18-4-2-1-3-17(18)19(29-30-20)9-13-5-7-27-8-6-13/h1-8,10-12H,9H2,(H,28,30,31). The number of fused-ring (bicyclic) bond motifs is 1. The molecule has 0 aliphatic carbocycles. The van der Waals surface area contributed by atoms with Crippen LogP contribution in [0.15, 0.2) is 67.0 Å². The van der Waals surface area contributed by atoms with E-state index in [0.717, 1.165) is 23.1 Å². The highest BCUT2D eigenvalue weighted by molar-refractivity contribution is 6.31. The van der Waals surface area contributed by atoms with E-state index in [0.29, 0.717) is 17.5 Å². The van der Waals surface area contributed by atoms with Gasteiger partial charge in [-0.05, 0) is 35.9 Å². The molecule has 0 atom stereocenters. The minimum absolute atomic E-state index is 0.146. The van der Waals surface area contributed by atoms with Crippen LogP contribution in [0.2, 0.25) is 5.02 Å². The van der Waals surface area contributed by atoms with Gasteiger partial charge in [0.1, 0.15) is 0 Å². The number of rotatable bonds is 4. The molecule has 0 bridgehead atoms. The molecule has 2 aromatic heterocycles. The van der Waals surface area contributed by atoms with Gasteiger partial charge in [0.15, 0.2) is 5.82 Å². The summed E-state index contributed by atoms with van der Waals surface area (Å²) in [7, 11) is 0. The molecule has 0 saturated heterocycles. The lowest BCUT2D eigenvalue weighted by molar-refractivity contribution is -0.137. The van der Waals surface area contributed by atoms with Crippen molar-refractivity contribution in [1.29, 1.82) is 0 Å². The molecular weight excluding hydrogens is 429 g/mol. The van der Waals surface area contributed by atoms with Crippen LogP contribution in [0.1, 0.15) is 27.2 Å². The van der Waals surface area contributed by atoms with Crippen LogP contribution in [-0.2, 0) is 12.6 Å². The smallest absolute Gasteiger partial charge is 0.305 e. The number of benzene rings is 2. The Morgan fingerprint density at radius 1 is 0.968 bits per heavy atom. The molecule has 1 amide bonds. The van der Waals surface area contributed by atoms with E-state index in [-0.39, 0.29) is 16.4 Å². The summed E-state index contributed by atoms with van der Waals surface area (Å²) in [5.74, 6) is -0.623. The minimum Gasteiger partial charge on any atom is -0.305 e. The Bertz CT molecular complexity index is 1260. The monoisotopic (exact) mass is 442 g/mol. The Balaban J connectivity index is 1.68. The number of hydrogen-bond acceptors (Lipinski definition) is 4. The fraction of sp³-hybridized carbons (Fsp3) is 0.0909. The number of carbonyl (C=O) groups is 1. The number of halogens is 4. The summed E-state index contributed by atoms with van der Waals surface area (Å²) in [6.45, 7) is 0. The van der Waals surface area contributed by atoms with Gasteiger partial charge in [0.2, 0.25) is 0 Å². The van der Waals surface area contributed by atoms with E-state index >= 15 is 0 Å². The van der Waals surface area contributed by atoms with Gasteiger partial charge in [0.25, 0.3) is 5.91 Å². The lowest BCUT2D eigenvalue weighted by Gasteiger charge is -2.12. The summed E-state index contributed by atoms with van der Waals surface area (Å²) in [5.41, 5.74) is 0.451. The van der Waals surface area contributed by atoms with Crippen molar-refractivity contribution in [3.05, 3.63) is 94.4 Å². The van der Waals surface area contributed by atoms with Crippen molar-refractivity contribution >= 4 is 34.1 Å². The number of amides is 1. The van der Waals surface area contributed by atoms with Crippen LogP contribution in [0.3, 0.4) is 0 Å². The van der Waals surface area contributed by atoms with Crippen LogP contribution < -0.4 is 5.32 Å². The second-order valence-electron chi connectivity index (χ2n) is 6.75. The number of nitrogens with zero attached hydrogens (tertiary/aromatic N) is 3. The Kier molecular flexibility index (Phi) is 5.56. The van der Waals surface area contributed by atoms with E-state index in [1.54, 1.807) is 24.5 Å². The molecule has 0 saturated carbocycles. The quantitative estimate of drug-likeness (QED) is 0.450. The van der Waals surface area contributed by atoms with Crippen molar-refractivity contribution in [3.8, 4) is 0 Å². The molecule has 9 heteroatoms. The molecule has 5 nitrogen and oxygen atoms in total. The second kappa shape index (κ2) is 8.31. The lowest BCUT2D eigenvalue weighted by Crippen LogP contribution is -2.16. The summed E-state index contributed by atoms with van der Waals surface area (Å²) in [6.07, 6.45) is -0.756. The van der Waals surface area contributed by atoms with Crippen LogP contribution in [0.25, 0.3) is 10.8 Å². The van der Waals surface area contributed by atoms with E-state index in [2.05, 4.69) is 20.5 Å². The minimum atomic E-state index is -4.62. The number of alkyl halides is 3. The maximum absolute atomic E-state index is 13.1. The predicted octanol–water partition coefficient (Wildman–Crippen LogP) is 5.54. The third-order valence-corrected chi connectivity index (χ3v) is 4.82. The molecule has 156 valence electrons. The average molecular weight is 443 g/mol. The molecule has 0 unspecified atom stereocenters. The SMILES string of the molecule is O=C(Nc1nnc(Cc2ccncc2)c2ccccc12)c1cc(Cl)cc(C(F)(F)F)c1. The fourth-order valence-electron chi connectivity index (χ4n) is 3.14. The molecular formula is C22H14ClF3N4O. The van der Waals surface area contributed by atoms with E-state index in [1.807, 2.05) is 24.3 Å². The summed E-state index contributed by atoms with van der Waals surface area (Å²) in [5, 5.41) is 12.1. The van der Waals surface area contributed by atoms with E-state index in [1.165, 1.54) is 6.07 Å². The molecule has 0 aliphatic rings. The van der Waals surface area contributed by atoms with Gasteiger partial charge in [-0.2, -0.15) is 18.3 Å². The molecule has 0 aliphatic heterocycles.